The minimum absolute atomic E-state index is 0.338. The second-order valence-electron chi connectivity index (χ2n) is 2.74. The first-order valence-electron chi connectivity index (χ1n) is 4.46. The van der Waals surface area contributed by atoms with Crippen LogP contribution in [0.1, 0.15) is 16.8 Å². The van der Waals surface area contributed by atoms with Gasteiger partial charge in [0.15, 0.2) is 0 Å². The fourth-order valence-corrected chi connectivity index (χ4v) is 1.97. The van der Waals surface area contributed by atoms with Crippen LogP contribution in [0, 0.1) is 11.3 Å². The smallest absolute Gasteiger partial charge is 0.338 e. The van der Waals surface area contributed by atoms with Crippen LogP contribution in [-0.4, -0.2) is 18.8 Å². The fourth-order valence-electron chi connectivity index (χ4n) is 1.08. The van der Waals surface area contributed by atoms with Crippen molar-refractivity contribution < 1.29 is 9.53 Å². The van der Waals surface area contributed by atoms with Crippen molar-refractivity contribution >= 4 is 17.7 Å². The van der Waals surface area contributed by atoms with Crippen LogP contribution in [0.15, 0.2) is 29.2 Å². The summed E-state index contributed by atoms with van der Waals surface area (Å²) in [7, 11) is 1.36. The molecule has 0 aliphatic rings. The number of ether oxygens (including phenoxy) is 1. The van der Waals surface area contributed by atoms with Gasteiger partial charge in [0.2, 0.25) is 0 Å². The first kappa shape index (κ1) is 11.6. The number of methoxy groups -OCH3 is 1. The number of carbonyl (C=O) groups excluding carboxylic acids is 1. The van der Waals surface area contributed by atoms with Gasteiger partial charge in [-0.15, -0.1) is 11.8 Å². The van der Waals surface area contributed by atoms with Gasteiger partial charge in [-0.1, -0.05) is 12.1 Å². The Morgan fingerprint density at radius 1 is 1.53 bits per heavy atom. The lowest BCUT2D eigenvalue weighted by Gasteiger charge is -2.05. The molecule has 78 valence electrons. The molecule has 0 aromatic heterocycles. The van der Waals surface area contributed by atoms with Crippen molar-refractivity contribution in [1.82, 2.24) is 0 Å². The lowest BCUT2D eigenvalue weighted by atomic mass is 10.2. The average molecular weight is 221 g/mol. The predicted octanol–water partition coefficient (Wildman–Crippen LogP) is 2.48. The zero-order valence-corrected chi connectivity index (χ0v) is 9.21. The third-order valence-corrected chi connectivity index (χ3v) is 2.84. The number of rotatable bonds is 4. The third kappa shape index (κ3) is 3.30. The Kier molecular flexibility index (Phi) is 4.72. The maximum atomic E-state index is 11.4. The molecule has 0 amide bonds. The molecule has 1 rings (SSSR count). The number of benzene rings is 1. The number of nitrogens with zero attached hydrogens (tertiary/aromatic N) is 1. The predicted molar refractivity (Wildman–Crippen MR) is 58.7 cm³/mol. The van der Waals surface area contributed by atoms with Crippen molar-refractivity contribution in [3.8, 4) is 6.07 Å². The van der Waals surface area contributed by atoms with E-state index in [1.165, 1.54) is 18.9 Å². The maximum Gasteiger partial charge on any atom is 0.338 e. The van der Waals surface area contributed by atoms with Gasteiger partial charge < -0.3 is 4.74 Å². The molecule has 0 aliphatic carbocycles. The first-order valence-corrected chi connectivity index (χ1v) is 5.45. The van der Waals surface area contributed by atoms with E-state index >= 15 is 0 Å². The Balaban J connectivity index is 2.78. The molecule has 0 radical (unpaired) electrons. The highest BCUT2D eigenvalue weighted by Crippen LogP contribution is 2.23. The van der Waals surface area contributed by atoms with Gasteiger partial charge in [0.1, 0.15) is 0 Å². The number of carbonyl (C=O) groups is 1. The molecule has 0 unspecified atom stereocenters. The summed E-state index contributed by atoms with van der Waals surface area (Å²) >= 11 is 1.49. The van der Waals surface area contributed by atoms with Crippen molar-refractivity contribution in [2.24, 2.45) is 0 Å². The topological polar surface area (TPSA) is 50.1 Å². The van der Waals surface area contributed by atoms with Crippen molar-refractivity contribution in [2.75, 3.05) is 12.9 Å². The summed E-state index contributed by atoms with van der Waals surface area (Å²) in [6.07, 6.45) is 0.472. The summed E-state index contributed by atoms with van der Waals surface area (Å²) in [5, 5.41) is 8.41. The Labute approximate surface area is 93.0 Å². The normalized spacial score (nSPS) is 9.33. The van der Waals surface area contributed by atoms with Crippen LogP contribution in [-0.2, 0) is 4.74 Å². The summed E-state index contributed by atoms with van der Waals surface area (Å²) in [5.74, 6) is 0.347. The van der Waals surface area contributed by atoms with Gasteiger partial charge in [-0.25, -0.2) is 4.79 Å². The van der Waals surface area contributed by atoms with E-state index in [9.17, 15) is 4.79 Å². The van der Waals surface area contributed by atoms with E-state index in [1.807, 2.05) is 12.1 Å². The molecular formula is C11H11NO2S. The number of hydrogen-bond donors (Lipinski definition) is 0. The molecule has 0 saturated heterocycles. The summed E-state index contributed by atoms with van der Waals surface area (Å²) < 4.78 is 4.67. The quantitative estimate of drug-likeness (QED) is 0.445. The van der Waals surface area contributed by atoms with Gasteiger partial charge >= 0.3 is 5.97 Å². The molecular weight excluding hydrogens is 210 g/mol. The summed E-state index contributed by atoms with van der Waals surface area (Å²) in [6, 6.07) is 9.30. The van der Waals surface area contributed by atoms with E-state index in [0.29, 0.717) is 17.7 Å². The molecule has 0 saturated carbocycles. The minimum atomic E-state index is -0.338. The van der Waals surface area contributed by atoms with Crippen molar-refractivity contribution in [3.63, 3.8) is 0 Å². The van der Waals surface area contributed by atoms with E-state index in [4.69, 9.17) is 5.26 Å². The molecule has 0 spiro atoms. The van der Waals surface area contributed by atoms with Crippen LogP contribution in [0.4, 0.5) is 0 Å². The van der Waals surface area contributed by atoms with Crippen LogP contribution in [0.5, 0.6) is 0 Å². The zero-order chi connectivity index (χ0) is 11.1. The number of esters is 1. The summed E-state index contributed by atoms with van der Waals surface area (Å²) in [6.45, 7) is 0. The van der Waals surface area contributed by atoms with E-state index in [0.717, 1.165) is 4.90 Å². The molecule has 0 fully saturated rings. The molecule has 0 heterocycles. The molecule has 3 nitrogen and oxygen atoms in total. The van der Waals surface area contributed by atoms with Gasteiger partial charge in [0.25, 0.3) is 0 Å². The molecule has 4 heteroatoms. The van der Waals surface area contributed by atoms with E-state index in [2.05, 4.69) is 10.8 Å². The Morgan fingerprint density at radius 3 is 2.93 bits per heavy atom. The lowest BCUT2D eigenvalue weighted by molar-refractivity contribution is 0.0597. The number of thioether (sulfide) groups is 1. The monoisotopic (exact) mass is 221 g/mol. The van der Waals surface area contributed by atoms with Crippen LogP contribution < -0.4 is 0 Å². The molecule has 1 aromatic rings. The van der Waals surface area contributed by atoms with Gasteiger partial charge in [0, 0.05) is 17.1 Å². The highest BCUT2D eigenvalue weighted by atomic mass is 32.2. The van der Waals surface area contributed by atoms with Gasteiger partial charge in [0.05, 0.1) is 18.7 Å². The maximum absolute atomic E-state index is 11.4. The van der Waals surface area contributed by atoms with Crippen molar-refractivity contribution in [3.05, 3.63) is 29.8 Å². The van der Waals surface area contributed by atoms with E-state index in [-0.39, 0.29) is 5.97 Å². The average Bonchev–Trinajstić information content (AvgIpc) is 2.29. The van der Waals surface area contributed by atoms with Crippen LogP contribution in [0.3, 0.4) is 0 Å². The highest BCUT2D eigenvalue weighted by Gasteiger charge is 2.10. The first-order chi connectivity index (χ1) is 7.29. The molecule has 0 N–H and O–H groups in total. The Morgan fingerprint density at radius 2 is 2.27 bits per heavy atom. The number of nitriles is 1. The SMILES string of the molecule is COC(=O)c1ccccc1SCCC#N. The van der Waals surface area contributed by atoms with Gasteiger partial charge in [-0.2, -0.15) is 5.26 Å². The second kappa shape index (κ2) is 6.10. The van der Waals surface area contributed by atoms with Crippen molar-refractivity contribution in [1.29, 1.82) is 5.26 Å². The fraction of sp³-hybridized carbons (Fsp3) is 0.273. The summed E-state index contributed by atoms with van der Waals surface area (Å²) in [5.41, 5.74) is 0.558. The summed E-state index contributed by atoms with van der Waals surface area (Å²) in [4.78, 5) is 12.2. The van der Waals surface area contributed by atoms with Crippen LogP contribution >= 0.6 is 11.8 Å². The van der Waals surface area contributed by atoms with Gasteiger partial charge in [-0.05, 0) is 12.1 Å². The molecule has 0 aliphatic heterocycles. The lowest BCUT2D eigenvalue weighted by Crippen LogP contribution is -2.02. The molecule has 15 heavy (non-hydrogen) atoms. The molecule has 1 aromatic carbocycles. The standard InChI is InChI=1S/C11H11NO2S/c1-14-11(13)9-5-2-3-6-10(9)15-8-4-7-12/h2-3,5-6H,4,8H2,1H3. The Hall–Kier alpha value is -1.47. The minimum Gasteiger partial charge on any atom is -0.465 e. The van der Waals surface area contributed by atoms with Gasteiger partial charge in [-0.3, -0.25) is 0 Å². The zero-order valence-electron chi connectivity index (χ0n) is 8.40. The van der Waals surface area contributed by atoms with Crippen LogP contribution in [0.25, 0.3) is 0 Å². The van der Waals surface area contributed by atoms with E-state index < -0.39 is 0 Å². The van der Waals surface area contributed by atoms with Crippen molar-refractivity contribution in [2.45, 2.75) is 11.3 Å². The highest BCUT2D eigenvalue weighted by molar-refractivity contribution is 7.99. The molecule has 0 atom stereocenters. The Bertz CT molecular complexity index is 384. The van der Waals surface area contributed by atoms with E-state index in [1.54, 1.807) is 12.1 Å². The number of hydrogen-bond acceptors (Lipinski definition) is 4. The van der Waals surface area contributed by atoms with Crippen LogP contribution in [0.2, 0.25) is 0 Å². The molecule has 0 bridgehead atoms. The third-order valence-electron chi connectivity index (χ3n) is 1.76. The second-order valence-corrected chi connectivity index (χ2v) is 3.88. The largest absolute Gasteiger partial charge is 0.465 e.